The molecule has 0 aromatic carbocycles. The summed E-state index contributed by atoms with van der Waals surface area (Å²) in [6, 6.07) is 0.234. The highest BCUT2D eigenvalue weighted by Gasteiger charge is 2.23. The van der Waals surface area contributed by atoms with Crippen LogP contribution in [0, 0.1) is 0 Å². The summed E-state index contributed by atoms with van der Waals surface area (Å²) in [4.78, 5) is 0. The van der Waals surface area contributed by atoms with E-state index in [2.05, 4.69) is 23.5 Å². The third-order valence-corrected chi connectivity index (χ3v) is 2.93. The number of aromatic nitrogens is 2. The van der Waals surface area contributed by atoms with Gasteiger partial charge in [0.15, 0.2) is 0 Å². The summed E-state index contributed by atoms with van der Waals surface area (Å²) in [5.74, 6) is 0.483. The van der Waals surface area contributed by atoms with Crippen LogP contribution in [0.25, 0.3) is 0 Å². The van der Waals surface area contributed by atoms with Crippen molar-refractivity contribution in [1.29, 1.82) is 0 Å². The first-order valence-corrected chi connectivity index (χ1v) is 5.30. The zero-order chi connectivity index (χ0) is 9.97. The molecule has 1 saturated heterocycles. The highest BCUT2D eigenvalue weighted by atomic mass is 15.3. The van der Waals surface area contributed by atoms with Gasteiger partial charge in [0.2, 0.25) is 0 Å². The molecule has 2 unspecified atom stereocenters. The summed E-state index contributed by atoms with van der Waals surface area (Å²) in [6.07, 6.45) is 5.20. The fourth-order valence-electron chi connectivity index (χ4n) is 2.04. The van der Waals surface area contributed by atoms with E-state index in [9.17, 15) is 0 Å². The minimum Gasteiger partial charge on any atom is -0.326 e. The summed E-state index contributed by atoms with van der Waals surface area (Å²) >= 11 is 0. The molecule has 3 N–H and O–H groups in total. The Labute approximate surface area is 84.5 Å². The Bertz CT molecular complexity index is 294. The molecular formula is C10H18N4. The molecule has 0 saturated carbocycles. The molecule has 4 nitrogen and oxygen atoms in total. The molecule has 2 atom stereocenters. The van der Waals surface area contributed by atoms with Crippen molar-refractivity contribution in [2.24, 2.45) is 5.73 Å². The van der Waals surface area contributed by atoms with Gasteiger partial charge in [-0.1, -0.05) is 0 Å². The fraction of sp³-hybridized carbons (Fsp3) is 0.700. The summed E-state index contributed by atoms with van der Waals surface area (Å²) in [6.45, 7) is 5.01. The van der Waals surface area contributed by atoms with E-state index in [0.717, 1.165) is 26.1 Å². The monoisotopic (exact) mass is 194 g/mol. The van der Waals surface area contributed by atoms with Crippen LogP contribution in [-0.4, -0.2) is 28.9 Å². The summed E-state index contributed by atoms with van der Waals surface area (Å²) in [5.41, 5.74) is 7.35. The van der Waals surface area contributed by atoms with Crippen LogP contribution < -0.4 is 11.1 Å². The molecule has 2 heterocycles. The number of nitrogens with two attached hydrogens (primary N) is 1. The Morgan fingerprint density at radius 2 is 2.57 bits per heavy atom. The summed E-state index contributed by atoms with van der Waals surface area (Å²) < 4.78 is 1.96. The maximum atomic E-state index is 6.06. The molecule has 78 valence electrons. The summed E-state index contributed by atoms with van der Waals surface area (Å²) in [5, 5.41) is 7.59. The molecular weight excluding hydrogens is 176 g/mol. The first-order valence-electron chi connectivity index (χ1n) is 5.30. The van der Waals surface area contributed by atoms with Crippen molar-refractivity contribution in [2.45, 2.75) is 31.8 Å². The van der Waals surface area contributed by atoms with Crippen LogP contribution in [0.15, 0.2) is 12.4 Å². The smallest absolute Gasteiger partial charge is 0.0525 e. The first kappa shape index (κ1) is 9.68. The van der Waals surface area contributed by atoms with E-state index in [1.54, 1.807) is 0 Å². The van der Waals surface area contributed by atoms with Crippen molar-refractivity contribution in [3.05, 3.63) is 18.0 Å². The Hall–Kier alpha value is -0.870. The number of hydrogen-bond donors (Lipinski definition) is 2. The van der Waals surface area contributed by atoms with Gasteiger partial charge >= 0.3 is 0 Å². The molecule has 0 aliphatic carbocycles. The molecule has 1 aromatic heterocycles. The van der Waals surface area contributed by atoms with Gasteiger partial charge in [-0.05, 0) is 25.5 Å². The highest BCUT2D eigenvalue weighted by Crippen LogP contribution is 2.23. The molecule has 1 aliphatic rings. The van der Waals surface area contributed by atoms with Gasteiger partial charge in [0.25, 0.3) is 0 Å². The minimum absolute atomic E-state index is 0.234. The average molecular weight is 194 g/mol. The van der Waals surface area contributed by atoms with Gasteiger partial charge in [0.05, 0.1) is 6.20 Å². The lowest BCUT2D eigenvalue weighted by Gasteiger charge is -2.28. The van der Waals surface area contributed by atoms with Gasteiger partial charge in [-0.2, -0.15) is 5.10 Å². The van der Waals surface area contributed by atoms with E-state index in [-0.39, 0.29) is 6.04 Å². The molecule has 0 bridgehead atoms. The molecule has 0 radical (unpaired) electrons. The lowest BCUT2D eigenvalue weighted by atomic mass is 9.88. The second-order valence-electron chi connectivity index (χ2n) is 3.89. The van der Waals surface area contributed by atoms with Crippen LogP contribution in [-0.2, 0) is 6.54 Å². The largest absolute Gasteiger partial charge is 0.326 e. The van der Waals surface area contributed by atoms with E-state index < -0.39 is 0 Å². The van der Waals surface area contributed by atoms with Crippen LogP contribution in [0.5, 0.6) is 0 Å². The van der Waals surface area contributed by atoms with Crippen molar-refractivity contribution in [3.63, 3.8) is 0 Å². The number of piperidine rings is 1. The predicted molar refractivity (Wildman–Crippen MR) is 56.1 cm³/mol. The maximum absolute atomic E-state index is 6.06. The lowest BCUT2D eigenvalue weighted by Crippen LogP contribution is -2.44. The van der Waals surface area contributed by atoms with Crippen molar-refractivity contribution < 1.29 is 0 Å². The first-order chi connectivity index (χ1) is 6.81. The van der Waals surface area contributed by atoms with E-state index in [0.29, 0.717) is 5.92 Å². The van der Waals surface area contributed by atoms with Gasteiger partial charge < -0.3 is 11.1 Å². The average Bonchev–Trinajstić information content (AvgIpc) is 2.67. The van der Waals surface area contributed by atoms with Crippen LogP contribution in [0.4, 0.5) is 0 Å². The number of nitrogens with one attached hydrogen (secondary N) is 1. The van der Waals surface area contributed by atoms with Gasteiger partial charge in [0.1, 0.15) is 0 Å². The van der Waals surface area contributed by atoms with Crippen molar-refractivity contribution in [2.75, 3.05) is 13.1 Å². The fourth-order valence-corrected chi connectivity index (χ4v) is 2.04. The number of aryl methyl sites for hydroxylation is 1. The molecule has 0 amide bonds. The number of nitrogens with zero attached hydrogens (tertiary/aromatic N) is 2. The molecule has 1 aromatic rings. The quantitative estimate of drug-likeness (QED) is 0.712. The molecule has 14 heavy (non-hydrogen) atoms. The normalized spacial score (nSPS) is 27.9. The maximum Gasteiger partial charge on any atom is 0.0525 e. The van der Waals surface area contributed by atoms with Crippen molar-refractivity contribution >= 4 is 0 Å². The van der Waals surface area contributed by atoms with Gasteiger partial charge in [-0.25, -0.2) is 0 Å². The minimum atomic E-state index is 0.234. The van der Waals surface area contributed by atoms with E-state index in [4.69, 9.17) is 5.73 Å². The topological polar surface area (TPSA) is 55.9 Å². The van der Waals surface area contributed by atoms with Crippen LogP contribution in [0.3, 0.4) is 0 Å². The molecule has 1 fully saturated rings. The lowest BCUT2D eigenvalue weighted by molar-refractivity contribution is 0.403. The number of hydrogen-bond acceptors (Lipinski definition) is 3. The molecule has 4 heteroatoms. The second kappa shape index (κ2) is 4.11. The molecule has 2 rings (SSSR count). The van der Waals surface area contributed by atoms with Gasteiger partial charge in [-0.15, -0.1) is 0 Å². The Kier molecular flexibility index (Phi) is 2.84. The van der Waals surface area contributed by atoms with E-state index in [1.807, 2.05) is 10.9 Å². The van der Waals surface area contributed by atoms with Gasteiger partial charge in [-0.3, -0.25) is 4.68 Å². The van der Waals surface area contributed by atoms with Crippen LogP contribution in [0.1, 0.15) is 24.8 Å². The number of rotatable bonds is 2. The Morgan fingerprint density at radius 1 is 1.71 bits per heavy atom. The Balaban J connectivity index is 2.12. The molecule has 1 aliphatic heterocycles. The standard InChI is InChI=1S/C10H18N4/c1-2-14-7-8(5-13-14)9-3-4-12-6-10(9)11/h5,7,9-10,12H,2-4,6,11H2,1H3. The molecule has 0 spiro atoms. The SMILES string of the molecule is CCn1cc(C2CCNCC2N)cn1. The van der Waals surface area contributed by atoms with E-state index >= 15 is 0 Å². The van der Waals surface area contributed by atoms with E-state index in [1.165, 1.54) is 5.56 Å². The second-order valence-corrected chi connectivity index (χ2v) is 3.89. The third-order valence-electron chi connectivity index (χ3n) is 2.93. The summed E-state index contributed by atoms with van der Waals surface area (Å²) in [7, 11) is 0. The Morgan fingerprint density at radius 3 is 3.21 bits per heavy atom. The highest BCUT2D eigenvalue weighted by molar-refractivity contribution is 5.15. The van der Waals surface area contributed by atoms with Crippen molar-refractivity contribution in [3.8, 4) is 0 Å². The predicted octanol–water partition coefficient (Wildman–Crippen LogP) is 0.307. The zero-order valence-corrected chi connectivity index (χ0v) is 8.61. The zero-order valence-electron chi connectivity index (χ0n) is 8.61. The third kappa shape index (κ3) is 1.81. The van der Waals surface area contributed by atoms with Gasteiger partial charge in [0, 0.05) is 31.2 Å². The van der Waals surface area contributed by atoms with Crippen molar-refractivity contribution in [1.82, 2.24) is 15.1 Å². The van der Waals surface area contributed by atoms with Crippen LogP contribution >= 0.6 is 0 Å². The van der Waals surface area contributed by atoms with Crippen LogP contribution in [0.2, 0.25) is 0 Å².